The molecular formula is C19H23NO3S. The summed E-state index contributed by atoms with van der Waals surface area (Å²) in [6.07, 6.45) is 4.01. The van der Waals surface area contributed by atoms with Gasteiger partial charge in [-0.1, -0.05) is 19.1 Å². The maximum Gasteiger partial charge on any atom is 0.336 e. The molecule has 1 N–H and O–H groups in total. The van der Waals surface area contributed by atoms with Crippen LogP contribution in [-0.4, -0.2) is 17.9 Å². The monoisotopic (exact) mass is 345 g/mol. The molecule has 24 heavy (non-hydrogen) atoms. The van der Waals surface area contributed by atoms with E-state index >= 15 is 0 Å². The minimum Gasteiger partial charge on any atom is -0.459 e. The molecule has 128 valence electrons. The first-order valence-electron chi connectivity index (χ1n) is 8.47. The van der Waals surface area contributed by atoms with Crippen LogP contribution < -0.4 is 5.32 Å². The highest BCUT2D eigenvalue weighted by atomic mass is 32.1. The third-order valence-corrected chi connectivity index (χ3v) is 5.73. The van der Waals surface area contributed by atoms with E-state index in [0.29, 0.717) is 12.0 Å². The van der Waals surface area contributed by atoms with Crippen molar-refractivity contribution in [3.8, 4) is 0 Å². The highest BCUT2D eigenvalue weighted by molar-refractivity contribution is 7.10. The molecule has 0 spiro atoms. The van der Waals surface area contributed by atoms with Crippen LogP contribution in [0.5, 0.6) is 0 Å². The Balaban J connectivity index is 2.06. The van der Waals surface area contributed by atoms with Gasteiger partial charge in [0.25, 0.3) is 0 Å². The smallest absolute Gasteiger partial charge is 0.336 e. The van der Waals surface area contributed by atoms with E-state index < -0.39 is 0 Å². The van der Waals surface area contributed by atoms with E-state index in [1.54, 1.807) is 11.3 Å². The predicted molar refractivity (Wildman–Crippen MR) is 94.6 cm³/mol. The number of hydrogen-bond acceptors (Lipinski definition) is 5. The predicted octanol–water partition coefficient (Wildman–Crippen LogP) is 3.91. The van der Waals surface area contributed by atoms with Gasteiger partial charge in [0.1, 0.15) is 5.78 Å². The first kappa shape index (κ1) is 17.0. The minimum atomic E-state index is -0.315. The highest BCUT2D eigenvalue weighted by Crippen LogP contribution is 2.45. The Kier molecular flexibility index (Phi) is 4.90. The summed E-state index contributed by atoms with van der Waals surface area (Å²) < 4.78 is 5.59. The van der Waals surface area contributed by atoms with Gasteiger partial charge in [0.15, 0.2) is 0 Å². The van der Waals surface area contributed by atoms with E-state index in [9.17, 15) is 9.59 Å². The first-order valence-corrected chi connectivity index (χ1v) is 9.35. The summed E-state index contributed by atoms with van der Waals surface area (Å²) in [6.45, 7) is 5.77. The topological polar surface area (TPSA) is 55.4 Å². The number of esters is 1. The molecule has 0 fully saturated rings. The van der Waals surface area contributed by atoms with E-state index in [2.05, 4.69) is 11.4 Å². The highest BCUT2D eigenvalue weighted by Gasteiger charge is 2.43. The Morgan fingerprint density at radius 2 is 2.25 bits per heavy atom. The summed E-state index contributed by atoms with van der Waals surface area (Å²) in [5.41, 5.74) is 2.32. The second-order valence-electron chi connectivity index (χ2n) is 6.42. The van der Waals surface area contributed by atoms with Crippen molar-refractivity contribution in [3.05, 3.63) is 45.4 Å². The fraction of sp³-hybridized carbons (Fsp3) is 0.474. The maximum atomic E-state index is 12.8. The molecule has 3 rings (SSSR count). The molecule has 0 saturated heterocycles. The number of allylic oxidation sites excluding steroid dienone is 3. The molecule has 3 unspecified atom stereocenters. The fourth-order valence-corrected chi connectivity index (χ4v) is 4.26. The third-order valence-electron chi connectivity index (χ3n) is 4.77. The van der Waals surface area contributed by atoms with Gasteiger partial charge in [-0.25, -0.2) is 4.79 Å². The lowest BCUT2D eigenvalue weighted by molar-refractivity contribution is -0.144. The Bertz CT molecular complexity index is 702. The lowest BCUT2D eigenvalue weighted by Gasteiger charge is -2.37. The largest absolute Gasteiger partial charge is 0.459 e. The van der Waals surface area contributed by atoms with Crippen molar-refractivity contribution in [2.75, 3.05) is 0 Å². The van der Waals surface area contributed by atoms with Crippen LogP contribution in [0.1, 0.15) is 50.8 Å². The van der Waals surface area contributed by atoms with Gasteiger partial charge >= 0.3 is 5.97 Å². The summed E-state index contributed by atoms with van der Waals surface area (Å²) >= 11 is 1.59. The number of ketones is 1. The summed E-state index contributed by atoms with van der Waals surface area (Å²) in [7, 11) is 0. The second kappa shape index (κ2) is 6.93. The molecule has 4 nitrogen and oxygen atoms in total. The van der Waals surface area contributed by atoms with Gasteiger partial charge in [0, 0.05) is 28.6 Å². The minimum absolute atomic E-state index is 0.138. The van der Waals surface area contributed by atoms with Crippen molar-refractivity contribution < 1.29 is 14.3 Å². The molecule has 1 aromatic rings. The maximum absolute atomic E-state index is 12.8. The first-order chi connectivity index (χ1) is 11.5. The van der Waals surface area contributed by atoms with Crippen molar-refractivity contribution >= 4 is 23.1 Å². The fourth-order valence-electron chi connectivity index (χ4n) is 3.39. The van der Waals surface area contributed by atoms with Crippen LogP contribution in [0.3, 0.4) is 0 Å². The number of nitrogens with one attached hydrogen (secondary N) is 1. The Hall–Kier alpha value is -1.88. The van der Waals surface area contributed by atoms with Gasteiger partial charge in [-0.05, 0) is 38.1 Å². The normalized spacial score (nSPS) is 24.8. The van der Waals surface area contributed by atoms with Crippen molar-refractivity contribution in [3.63, 3.8) is 0 Å². The van der Waals surface area contributed by atoms with Crippen LogP contribution in [0.15, 0.2) is 40.6 Å². The molecule has 2 aliphatic rings. The van der Waals surface area contributed by atoms with Gasteiger partial charge < -0.3 is 10.1 Å². The van der Waals surface area contributed by atoms with E-state index in [-0.39, 0.29) is 29.7 Å². The zero-order valence-corrected chi connectivity index (χ0v) is 15.1. The molecule has 1 aliphatic heterocycles. The summed E-state index contributed by atoms with van der Waals surface area (Å²) in [4.78, 5) is 26.5. The summed E-state index contributed by atoms with van der Waals surface area (Å²) in [5.74, 6) is -0.674. The molecule has 0 bridgehead atoms. The number of fused-ring (bicyclic) bond motifs is 1. The molecule has 2 heterocycles. The molecule has 5 heteroatoms. The molecule has 0 amide bonds. The number of carbonyl (C=O) groups excluding carboxylic acids is 2. The van der Waals surface area contributed by atoms with Crippen molar-refractivity contribution in [1.29, 1.82) is 0 Å². The zero-order valence-electron chi connectivity index (χ0n) is 14.3. The van der Waals surface area contributed by atoms with E-state index in [4.69, 9.17) is 4.74 Å². The van der Waals surface area contributed by atoms with E-state index in [1.165, 1.54) is 0 Å². The molecule has 0 radical (unpaired) electrons. The molecule has 0 saturated carbocycles. The summed E-state index contributed by atoms with van der Waals surface area (Å²) in [5, 5.41) is 5.27. The van der Waals surface area contributed by atoms with Crippen LogP contribution in [-0.2, 0) is 14.3 Å². The lowest BCUT2D eigenvalue weighted by atomic mass is 9.73. The lowest BCUT2D eigenvalue weighted by Crippen LogP contribution is -2.40. The van der Waals surface area contributed by atoms with Crippen LogP contribution in [0.25, 0.3) is 0 Å². The van der Waals surface area contributed by atoms with Crippen LogP contribution in [0.4, 0.5) is 0 Å². The molecule has 0 aromatic carbocycles. The Morgan fingerprint density at radius 3 is 2.92 bits per heavy atom. The van der Waals surface area contributed by atoms with Gasteiger partial charge in [-0.15, -0.1) is 11.3 Å². The van der Waals surface area contributed by atoms with Gasteiger partial charge in [-0.3, -0.25) is 4.79 Å². The molecule has 3 atom stereocenters. The zero-order chi connectivity index (χ0) is 17.3. The number of carbonyl (C=O) groups is 2. The molecule has 1 aliphatic carbocycles. The van der Waals surface area contributed by atoms with E-state index in [1.807, 2.05) is 38.3 Å². The molecule has 1 aromatic heterocycles. The van der Waals surface area contributed by atoms with Crippen molar-refractivity contribution in [2.24, 2.45) is 5.92 Å². The van der Waals surface area contributed by atoms with Crippen molar-refractivity contribution in [2.45, 2.75) is 52.1 Å². The Labute approximate surface area is 146 Å². The molecular weight excluding hydrogens is 322 g/mol. The average molecular weight is 345 g/mol. The second-order valence-corrected chi connectivity index (χ2v) is 7.40. The van der Waals surface area contributed by atoms with Crippen LogP contribution in [0, 0.1) is 5.92 Å². The summed E-state index contributed by atoms with van der Waals surface area (Å²) in [6, 6.07) is 3.97. The van der Waals surface area contributed by atoms with Crippen LogP contribution >= 0.6 is 11.3 Å². The van der Waals surface area contributed by atoms with Crippen LogP contribution in [0.2, 0.25) is 0 Å². The number of rotatable bonds is 4. The number of ether oxygens (including phenoxy) is 1. The average Bonchev–Trinajstić information content (AvgIpc) is 3.07. The van der Waals surface area contributed by atoms with Gasteiger partial charge in [0.05, 0.1) is 17.6 Å². The number of hydrogen-bond donors (Lipinski definition) is 1. The quantitative estimate of drug-likeness (QED) is 0.841. The number of thiophene rings is 1. The van der Waals surface area contributed by atoms with Gasteiger partial charge in [-0.2, -0.15) is 0 Å². The number of Topliss-reactive ketones (excluding diaryl/α,β-unsaturated/α-hetero) is 1. The third kappa shape index (κ3) is 3.05. The van der Waals surface area contributed by atoms with Crippen molar-refractivity contribution in [1.82, 2.24) is 5.32 Å². The van der Waals surface area contributed by atoms with Gasteiger partial charge in [0.2, 0.25) is 0 Å². The SMILES string of the molecule is CCC(C)OC(=O)C1=C(C)NC2=CCCC(=O)C2C1c1cccs1. The Morgan fingerprint density at radius 1 is 1.46 bits per heavy atom. The standard InChI is InChI=1S/C19H23NO3S/c1-4-11(2)23-19(22)16-12(3)20-13-7-5-8-14(21)17(13)18(16)15-9-6-10-24-15/h6-7,9-11,17-18,20H,4-5,8H2,1-3H3. The van der Waals surface area contributed by atoms with E-state index in [0.717, 1.165) is 29.1 Å².